The van der Waals surface area contributed by atoms with Gasteiger partial charge in [-0.2, -0.15) is 0 Å². The topological polar surface area (TPSA) is 46.5 Å². The summed E-state index contributed by atoms with van der Waals surface area (Å²) in [6.07, 6.45) is 9.49. The molecule has 2 fully saturated rings. The highest BCUT2D eigenvalue weighted by atomic mass is 16.5. The van der Waals surface area contributed by atoms with Gasteiger partial charge in [-0.1, -0.05) is 56.2 Å². The van der Waals surface area contributed by atoms with Crippen LogP contribution in [0, 0.1) is 23.2 Å². The average molecular weight is 447 g/mol. The van der Waals surface area contributed by atoms with Crippen LogP contribution in [-0.4, -0.2) is 17.5 Å². The third kappa shape index (κ3) is 4.37. The fourth-order valence-corrected chi connectivity index (χ4v) is 7.41. The lowest BCUT2D eigenvalue weighted by Gasteiger charge is -2.50. The minimum absolute atomic E-state index is 0.112. The summed E-state index contributed by atoms with van der Waals surface area (Å²) < 4.78 is 6.11. The number of aliphatic hydroxyl groups is 1. The van der Waals surface area contributed by atoms with Gasteiger partial charge in [-0.3, -0.25) is 4.79 Å². The number of hydrogen-bond donors (Lipinski definition) is 1. The van der Waals surface area contributed by atoms with E-state index in [0.717, 1.165) is 57.1 Å². The van der Waals surface area contributed by atoms with Gasteiger partial charge < -0.3 is 9.84 Å². The summed E-state index contributed by atoms with van der Waals surface area (Å²) in [5.74, 6) is 3.76. The summed E-state index contributed by atoms with van der Waals surface area (Å²) in [6.45, 7) is 3.16. The highest BCUT2D eigenvalue weighted by molar-refractivity contribution is 5.87. The Morgan fingerprint density at radius 1 is 1.06 bits per heavy atom. The number of hydrogen-bond acceptors (Lipinski definition) is 3. The zero-order chi connectivity index (χ0) is 22.8. The Hall–Kier alpha value is -2.13. The molecule has 0 heterocycles. The summed E-state index contributed by atoms with van der Waals surface area (Å²) >= 11 is 0. The van der Waals surface area contributed by atoms with E-state index in [2.05, 4.69) is 49.4 Å². The Balaban J connectivity index is 1.31. The summed E-state index contributed by atoms with van der Waals surface area (Å²) in [5, 5.41) is 9.12. The first-order valence-electron chi connectivity index (χ1n) is 13.0. The smallest absolute Gasteiger partial charge is 0.139 e. The molecule has 5 rings (SSSR count). The Bertz CT molecular complexity index is 968. The van der Waals surface area contributed by atoms with E-state index in [1.807, 2.05) is 6.07 Å². The normalized spacial score (nSPS) is 30.4. The molecule has 3 aliphatic carbocycles. The van der Waals surface area contributed by atoms with Crippen LogP contribution in [0.3, 0.4) is 0 Å². The van der Waals surface area contributed by atoms with E-state index < -0.39 is 0 Å². The summed E-state index contributed by atoms with van der Waals surface area (Å²) in [6, 6.07) is 17.1. The molecule has 3 heteroatoms. The van der Waals surface area contributed by atoms with Gasteiger partial charge in [0.25, 0.3) is 0 Å². The summed E-state index contributed by atoms with van der Waals surface area (Å²) in [7, 11) is 0. The number of ketones is 1. The first-order chi connectivity index (χ1) is 16.1. The zero-order valence-electron chi connectivity index (χ0n) is 20.0. The third-order valence-electron chi connectivity index (χ3n) is 9.02. The van der Waals surface area contributed by atoms with Crippen LogP contribution >= 0.6 is 0 Å². The molecule has 3 nitrogen and oxygen atoms in total. The van der Waals surface area contributed by atoms with E-state index in [1.165, 1.54) is 23.1 Å². The van der Waals surface area contributed by atoms with Gasteiger partial charge in [-0.05, 0) is 91.0 Å². The van der Waals surface area contributed by atoms with Crippen molar-refractivity contribution in [2.75, 3.05) is 6.61 Å². The van der Waals surface area contributed by atoms with Crippen LogP contribution in [0.2, 0.25) is 0 Å². The van der Waals surface area contributed by atoms with Crippen LogP contribution in [0.5, 0.6) is 5.75 Å². The van der Waals surface area contributed by atoms with Gasteiger partial charge in [0.15, 0.2) is 0 Å². The van der Waals surface area contributed by atoms with Gasteiger partial charge >= 0.3 is 0 Å². The highest BCUT2D eigenvalue weighted by Gasteiger charge is 2.58. The number of rotatable bonds is 8. The van der Waals surface area contributed by atoms with Gasteiger partial charge in [0.1, 0.15) is 18.1 Å². The molecule has 0 bridgehead atoms. The standard InChI is InChI=1S/C30H38O3/c1-30-16-15-26-25-14-12-24(33-20-21-8-4-2-5-9-21)18-22(25)11-13-27(26)29(30)23(19-28(30)32)10-6-3-7-17-31/h2,4-5,8-9,12,14,18,23,26-27,29,31H,3,6-7,10-11,13,15-17,19-20H2,1H3/t23?,26-,27-,29+,30-/m1/s1. The van der Waals surface area contributed by atoms with Gasteiger partial charge in [-0.25, -0.2) is 0 Å². The van der Waals surface area contributed by atoms with E-state index in [9.17, 15) is 4.79 Å². The molecule has 33 heavy (non-hydrogen) atoms. The molecule has 3 aliphatic rings. The fourth-order valence-electron chi connectivity index (χ4n) is 7.41. The van der Waals surface area contributed by atoms with Crippen molar-refractivity contribution in [3.63, 3.8) is 0 Å². The minimum atomic E-state index is -0.112. The second-order valence-corrected chi connectivity index (χ2v) is 10.9. The van der Waals surface area contributed by atoms with Crippen molar-refractivity contribution in [2.45, 2.75) is 77.2 Å². The molecule has 176 valence electrons. The maximum atomic E-state index is 13.1. The van der Waals surface area contributed by atoms with Crippen LogP contribution in [-0.2, 0) is 17.8 Å². The molecule has 1 N–H and O–H groups in total. The number of carbonyl (C=O) groups is 1. The number of Topliss-reactive ketones (excluding diaryl/α,β-unsaturated/α-hetero) is 1. The second kappa shape index (κ2) is 9.62. The number of aryl methyl sites for hydroxylation is 1. The molecule has 2 saturated carbocycles. The van der Waals surface area contributed by atoms with Crippen molar-refractivity contribution in [1.29, 1.82) is 0 Å². The van der Waals surface area contributed by atoms with Crippen molar-refractivity contribution < 1.29 is 14.6 Å². The predicted molar refractivity (Wildman–Crippen MR) is 131 cm³/mol. The summed E-state index contributed by atoms with van der Waals surface area (Å²) in [4.78, 5) is 13.1. The molecule has 2 aromatic carbocycles. The average Bonchev–Trinajstić information content (AvgIpc) is 3.10. The number of carbonyl (C=O) groups excluding carboxylic acids is 1. The molecule has 0 amide bonds. The van der Waals surface area contributed by atoms with Crippen molar-refractivity contribution in [3.8, 4) is 5.75 Å². The molecule has 0 aromatic heterocycles. The Morgan fingerprint density at radius 3 is 2.73 bits per heavy atom. The molecular weight excluding hydrogens is 408 g/mol. The molecular formula is C30H38O3. The lowest BCUT2D eigenvalue weighted by molar-refractivity contribution is -0.129. The highest BCUT2D eigenvalue weighted by Crippen LogP contribution is 2.62. The van der Waals surface area contributed by atoms with E-state index in [-0.39, 0.29) is 12.0 Å². The third-order valence-corrected chi connectivity index (χ3v) is 9.02. The Kier molecular flexibility index (Phi) is 6.60. The lowest BCUT2D eigenvalue weighted by atomic mass is 9.54. The van der Waals surface area contributed by atoms with Crippen LogP contribution < -0.4 is 4.74 Å². The van der Waals surface area contributed by atoms with Gasteiger partial charge in [0.05, 0.1) is 0 Å². The lowest BCUT2D eigenvalue weighted by Crippen LogP contribution is -2.44. The Morgan fingerprint density at radius 2 is 1.91 bits per heavy atom. The molecule has 0 spiro atoms. The van der Waals surface area contributed by atoms with Crippen molar-refractivity contribution in [1.82, 2.24) is 0 Å². The quantitative estimate of drug-likeness (QED) is 0.473. The van der Waals surface area contributed by atoms with Crippen molar-refractivity contribution in [2.24, 2.45) is 23.2 Å². The molecule has 2 aromatic rings. The molecule has 1 unspecified atom stereocenters. The number of aliphatic hydroxyl groups excluding tert-OH is 1. The predicted octanol–water partition coefficient (Wildman–Crippen LogP) is 6.47. The van der Waals surface area contributed by atoms with E-state index >= 15 is 0 Å². The maximum Gasteiger partial charge on any atom is 0.139 e. The molecule has 0 radical (unpaired) electrons. The van der Waals surface area contributed by atoms with E-state index in [0.29, 0.717) is 36.1 Å². The monoisotopic (exact) mass is 446 g/mol. The van der Waals surface area contributed by atoms with E-state index in [4.69, 9.17) is 9.84 Å². The number of unbranched alkanes of at least 4 members (excludes halogenated alkanes) is 2. The SMILES string of the molecule is C[C@]12CC[C@@H]3c4ccc(OCc5ccccc5)cc4CC[C@H]3[C@@H]1C(CCCCCO)CC2=O. The van der Waals surface area contributed by atoms with Crippen LogP contribution in [0.25, 0.3) is 0 Å². The number of fused-ring (bicyclic) bond motifs is 5. The molecule has 0 saturated heterocycles. The molecule has 5 atom stereocenters. The van der Waals surface area contributed by atoms with Crippen molar-refractivity contribution in [3.05, 3.63) is 65.2 Å². The van der Waals surface area contributed by atoms with Crippen molar-refractivity contribution >= 4 is 5.78 Å². The summed E-state index contributed by atoms with van der Waals surface area (Å²) in [5.41, 5.74) is 4.05. The number of benzene rings is 2. The first-order valence-corrected chi connectivity index (χ1v) is 13.0. The molecule has 0 aliphatic heterocycles. The van der Waals surface area contributed by atoms with Crippen LogP contribution in [0.15, 0.2) is 48.5 Å². The van der Waals surface area contributed by atoms with Gasteiger partial charge in [0.2, 0.25) is 0 Å². The zero-order valence-corrected chi connectivity index (χ0v) is 20.0. The largest absolute Gasteiger partial charge is 0.489 e. The fraction of sp³-hybridized carbons (Fsp3) is 0.567. The van der Waals surface area contributed by atoms with Crippen LogP contribution in [0.4, 0.5) is 0 Å². The maximum absolute atomic E-state index is 13.1. The van der Waals surface area contributed by atoms with E-state index in [1.54, 1.807) is 0 Å². The number of ether oxygens (including phenoxy) is 1. The first kappa shape index (κ1) is 22.7. The minimum Gasteiger partial charge on any atom is -0.489 e. The van der Waals surface area contributed by atoms with Gasteiger partial charge in [0, 0.05) is 18.4 Å². The van der Waals surface area contributed by atoms with Crippen LogP contribution in [0.1, 0.15) is 80.9 Å². The second-order valence-electron chi connectivity index (χ2n) is 10.9. The van der Waals surface area contributed by atoms with Gasteiger partial charge in [-0.15, -0.1) is 0 Å². The Labute approximate surface area is 198 Å².